The molecule has 0 unspecified atom stereocenters. The van der Waals surface area contributed by atoms with Crippen LogP contribution in [-0.4, -0.2) is 24.0 Å². The number of aromatic nitrogens is 1. The lowest BCUT2D eigenvalue weighted by atomic mass is 10.6. The Morgan fingerprint density at radius 3 is 2.95 bits per heavy atom. The lowest BCUT2D eigenvalue weighted by Gasteiger charge is -1.98. The van der Waals surface area contributed by atoms with Crippen LogP contribution in [0.5, 0.6) is 0 Å². The molecular formula is C10H19Cl2N5S2. The van der Waals surface area contributed by atoms with Crippen molar-refractivity contribution in [3.8, 4) is 0 Å². The second-order valence-corrected chi connectivity index (χ2v) is 4.80. The Balaban J connectivity index is 0. The summed E-state index contributed by atoms with van der Waals surface area (Å²) < 4.78 is 0. The molecule has 0 saturated heterocycles. The summed E-state index contributed by atoms with van der Waals surface area (Å²) in [5, 5.41) is 7.58. The molecule has 1 aromatic rings. The molecule has 19 heavy (non-hydrogen) atoms. The van der Waals surface area contributed by atoms with Gasteiger partial charge < -0.3 is 16.8 Å². The zero-order chi connectivity index (χ0) is 12.5. The third-order valence-electron chi connectivity index (χ3n) is 1.67. The number of nitrogens with one attached hydrogen (secondary N) is 1. The van der Waals surface area contributed by atoms with Crippen LogP contribution in [0, 0.1) is 0 Å². The van der Waals surface area contributed by atoms with E-state index in [1.165, 1.54) is 11.3 Å². The minimum Gasteiger partial charge on any atom is -0.370 e. The SMILES string of the molecule is CCN/C(N)=N/c1nc(CS/C=C/CN)cs1.Cl.Cl. The van der Waals surface area contributed by atoms with Gasteiger partial charge in [-0.1, -0.05) is 6.08 Å². The molecular weight excluding hydrogens is 325 g/mol. The number of rotatable bonds is 6. The van der Waals surface area contributed by atoms with E-state index in [0.717, 1.165) is 18.0 Å². The standard InChI is InChI=1S/C10H17N5S2.2ClH/c1-2-13-9(12)15-10-14-8(7-17-10)6-16-5-3-4-11;;/h3,5,7H,2,4,6,11H2,1H3,(H3,12,13,14,15);2*1H/b5-3+;;. The first-order chi connectivity index (χ1) is 8.26. The van der Waals surface area contributed by atoms with Gasteiger partial charge >= 0.3 is 0 Å². The summed E-state index contributed by atoms with van der Waals surface area (Å²) in [6.07, 6.45) is 1.92. The fraction of sp³-hybridized carbons (Fsp3) is 0.400. The van der Waals surface area contributed by atoms with Gasteiger partial charge in [-0.3, -0.25) is 0 Å². The maximum Gasteiger partial charge on any atom is 0.212 e. The fourth-order valence-corrected chi connectivity index (χ4v) is 2.46. The second kappa shape index (κ2) is 12.6. The summed E-state index contributed by atoms with van der Waals surface area (Å²) in [5.74, 6) is 1.23. The van der Waals surface area contributed by atoms with Gasteiger partial charge in [0.25, 0.3) is 0 Å². The number of thioether (sulfide) groups is 1. The van der Waals surface area contributed by atoms with Crippen molar-refractivity contribution >= 4 is 59.0 Å². The van der Waals surface area contributed by atoms with Gasteiger partial charge in [0.1, 0.15) is 0 Å². The molecule has 5 nitrogen and oxygen atoms in total. The molecule has 0 aliphatic heterocycles. The van der Waals surface area contributed by atoms with Gasteiger partial charge in [0.05, 0.1) is 5.69 Å². The van der Waals surface area contributed by atoms with Gasteiger partial charge in [0, 0.05) is 24.2 Å². The molecule has 0 aromatic carbocycles. The fourth-order valence-electron chi connectivity index (χ4n) is 0.995. The largest absolute Gasteiger partial charge is 0.370 e. The van der Waals surface area contributed by atoms with E-state index < -0.39 is 0 Å². The number of hydrogen-bond acceptors (Lipinski definition) is 5. The molecule has 1 rings (SSSR count). The molecule has 9 heteroatoms. The van der Waals surface area contributed by atoms with E-state index in [-0.39, 0.29) is 24.8 Å². The van der Waals surface area contributed by atoms with E-state index in [2.05, 4.69) is 15.3 Å². The van der Waals surface area contributed by atoms with Crippen molar-refractivity contribution < 1.29 is 0 Å². The highest BCUT2D eigenvalue weighted by Gasteiger charge is 2.00. The predicted octanol–water partition coefficient (Wildman–Crippen LogP) is 2.25. The van der Waals surface area contributed by atoms with Crippen molar-refractivity contribution in [2.75, 3.05) is 13.1 Å². The second-order valence-electron chi connectivity index (χ2n) is 3.07. The van der Waals surface area contributed by atoms with Crippen molar-refractivity contribution in [1.29, 1.82) is 0 Å². The zero-order valence-electron chi connectivity index (χ0n) is 10.5. The maximum absolute atomic E-state index is 5.64. The van der Waals surface area contributed by atoms with E-state index in [1.54, 1.807) is 11.8 Å². The first-order valence-corrected chi connectivity index (χ1v) is 7.18. The Morgan fingerprint density at radius 2 is 2.32 bits per heavy atom. The van der Waals surface area contributed by atoms with Crippen molar-refractivity contribution in [2.24, 2.45) is 16.5 Å². The van der Waals surface area contributed by atoms with E-state index >= 15 is 0 Å². The molecule has 110 valence electrons. The molecule has 0 aliphatic carbocycles. The molecule has 1 aromatic heterocycles. The van der Waals surface area contributed by atoms with Gasteiger partial charge in [-0.25, -0.2) is 4.98 Å². The van der Waals surface area contributed by atoms with Crippen molar-refractivity contribution in [3.05, 3.63) is 22.6 Å². The number of hydrogen-bond donors (Lipinski definition) is 3. The minimum atomic E-state index is 0. The smallest absolute Gasteiger partial charge is 0.212 e. The molecule has 0 bridgehead atoms. The number of thiazole rings is 1. The van der Waals surface area contributed by atoms with E-state index in [0.29, 0.717) is 17.6 Å². The normalized spacial score (nSPS) is 10.9. The van der Waals surface area contributed by atoms with Gasteiger partial charge in [0.2, 0.25) is 5.13 Å². The summed E-state index contributed by atoms with van der Waals surface area (Å²) in [6.45, 7) is 3.29. The summed E-state index contributed by atoms with van der Waals surface area (Å²) in [6, 6.07) is 0. The lowest BCUT2D eigenvalue weighted by molar-refractivity contribution is 0.953. The van der Waals surface area contributed by atoms with E-state index in [4.69, 9.17) is 11.5 Å². The zero-order valence-corrected chi connectivity index (χ0v) is 13.8. The molecule has 0 fully saturated rings. The van der Waals surface area contributed by atoms with Crippen molar-refractivity contribution in [1.82, 2.24) is 10.3 Å². The van der Waals surface area contributed by atoms with Crippen LogP contribution in [0.2, 0.25) is 0 Å². The molecule has 0 atom stereocenters. The van der Waals surface area contributed by atoms with Crippen molar-refractivity contribution in [3.63, 3.8) is 0 Å². The number of nitrogens with zero attached hydrogens (tertiary/aromatic N) is 2. The Morgan fingerprint density at radius 1 is 1.58 bits per heavy atom. The summed E-state index contributed by atoms with van der Waals surface area (Å²) >= 11 is 3.15. The quantitative estimate of drug-likeness (QED) is 0.544. The summed E-state index contributed by atoms with van der Waals surface area (Å²) in [7, 11) is 0. The highest BCUT2D eigenvalue weighted by atomic mass is 35.5. The third-order valence-corrected chi connectivity index (χ3v) is 3.30. The van der Waals surface area contributed by atoms with Crippen molar-refractivity contribution in [2.45, 2.75) is 12.7 Å². The molecule has 1 heterocycles. The molecule has 0 radical (unpaired) electrons. The summed E-state index contributed by atoms with van der Waals surface area (Å²) in [5.41, 5.74) is 12.0. The van der Waals surface area contributed by atoms with Crippen LogP contribution in [0.3, 0.4) is 0 Å². The lowest BCUT2D eigenvalue weighted by Crippen LogP contribution is -2.30. The monoisotopic (exact) mass is 343 g/mol. The maximum atomic E-state index is 5.64. The van der Waals surface area contributed by atoms with Crippen LogP contribution in [0.25, 0.3) is 0 Å². The molecule has 0 saturated carbocycles. The first kappa shape index (κ1) is 20.8. The predicted molar refractivity (Wildman–Crippen MR) is 91.1 cm³/mol. The van der Waals surface area contributed by atoms with Gasteiger partial charge in [-0.2, -0.15) is 4.99 Å². The highest BCUT2D eigenvalue weighted by molar-refractivity contribution is 8.01. The highest BCUT2D eigenvalue weighted by Crippen LogP contribution is 2.22. The van der Waals surface area contributed by atoms with Crippen LogP contribution in [0.1, 0.15) is 12.6 Å². The third kappa shape index (κ3) is 9.12. The number of halogens is 2. The molecule has 0 amide bonds. The van der Waals surface area contributed by atoms with Crippen LogP contribution in [0.15, 0.2) is 21.9 Å². The van der Waals surface area contributed by atoms with Gasteiger partial charge in [0.15, 0.2) is 5.96 Å². The van der Waals surface area contributed by atoms with Crippen LogP contribution >= 0.6 is 47.9 Å². The average Bonchev–Trinajstić information content (AvgIpc) is 2.72. The summed E-state index contributed by atoms with van der Waals surface area (Å²) in [4.78, 5) is 8.51. The molecule has 0 spiro atoms. The number of nitrogens with two attached hydrogens (primary N) is 2. The number of aliphatic imine (C=N–C) groups is 1. The minimum absolute atomic E-state index is 0. The Kier molecular flexibility index (Phi) is 13.8. The van der Waals surface area contributed by atoms with E-state index in [9.17, 15) is 0 Å². The molecule has 5 N–H and O–H groups in total. The van der Waals surface area contributed by atoms with Crippen LogP contribution in [0.4, 0.5) is 5.13 Å². The number of guanidine groups is 1. The molecule has 0 aliphatic rings. The van der Waals surface area contributed by atoms with Gasteiger partial charge in [-0.15, -0.1) is 47.9 Å². The topological polar surface area (TPSA) is 89.3 Å². The average molecular weight is 344 g/mol. The van der Waals surface area contributed by atoms with Gasteiger partial charge in [-0.05, 0) is 12.3 Å². The van der Waals surface area contributed by atoms with Crippen LogP contribution in [-0.2, 0) is 5.75 Å². The van der Waals surface area contributed by atoms with E-state index in [1.807, 2.05) is 23.8 Å². The Labute approximate surface area is 134 Å². The Hall–Kier alpha value is -0.470. The van der Waals surface area contributed by atoms with Crippen LogP contribution < -0.4 is 16.8 Å². The Bertz CT molecular complexity index is 395. The first-order valence-electron chi connectivity index (χ1n) is 5.25.